The molecule has 1 aromatic rings. The Morgan fingerprint density at radius 2 is 1.60 bits per heavy atom. The molecule has 30 heavy (non-hydrogen) atoms. The molecular formula is C22H38FN3O3S. The minimum atomic E-state index is -3.62. The molecule has 1 saturated carbocycles. The van der Waals surface area contributed by atoms with Crippen LogP contribution >= 0.6 is 0 Å². The third-order valence-electron chi connectivity index (χ3n) is 5.69. The van der Waals surface area contributed by atoms with Gasteiger partial charge >= 0.3 is 6.03 Å². The number of hydrogen-bond donors (Lipinski definition) is 2. The molecule has 172 valence electrons. The average molecular weight is 444 g/mol. The summed E-state index contributed by atoms with van der Waals surface area (Å²) in [6, 6.07) is 4.96. The van der Waals surface area contributed by atoms with Crippen molar-refractivity contribution in [1.29, 1.82) is 0 Å². The highest BCUT2D eigenvalue weighted by atomic mass is 32.2. The number of hydrogen-bond acceptors (Lipinski definition) is 3. The minimum absolute atomic E-state index is 0. The number of urea groups is 1. The maximum atomic E-state index is 13.0. The van der Waals surface area contributed by atoms with Gasteiger partial charge in [0.2, 0.25) is 10.0 Å². The SMILES string of the molecule is C.C.O=C(NCC1CCN(S(=O)(=O)c2ccc(F)cc2)C1)NC1CCCCCCC1. The normalized spacial score (nSPS) is 20.9. The molecule has 8 heteroatoms. The Bertz CT molecular complexity index is 747. The number of amides is 2. The lowest BCUT2D eigenvalue weighted by molar-refractivity contribution is 0.232. The highest BCUT2D eigenvalue weighted by Gasteiger charge is 2.32. The van der Waals surface area contributed by atoms with Gasteiger partial charge in [-0.05, 0) is 49.4 Å². The lowest BCUT2D eigenvalue weighted by Crippen LogP contribution is -2.44. The number of carbonyl (C=O) groups is 1. The molecule has 1 atom stereocenters. The van der Waals surface area contributed by atoms with Crippen molar-refractivity contribution >= 4 is 16.1 Å². The molecule has 3 rings (SSSR count). The second-order valence-corrected chi connectivity index (χ2v) is 9.81. The largest absolute Gasteiger partial charge is 0.338 e. The molecule has 1 aliphatic carbocycles. The number of nitrogens with zero attached hydrogens (tertiary/aromatic N) is 1. The molecular weight excluding hydrogens is 405 g/mol. The molecule has 0 aromatic heterocycles. The maximum absolute atomic E-state index is 13.0. The topological polar surface area (TPSA) is 78.5 Å². The lowest BCUT2D eigenvalue weighted by atomic mass is 9.97. The van der Waals surface area contributed by atoms with Gasteiger partial charge in [0.15, 0.2) is 0 Å². The van der Waals surface area contributed by atoms with E-state index in [0.29, 0.717) is 26.1 Å². The Kier molecular flexibility index (Phi) is 10.8. The number of carbonyl (C=O) groups excluding carboxylic acids is 1. The second-order valence-electron chi connectivity index (χ2n) is 7.87. The summed E-state index contributed by atoms with van der Waals surface area (Å²) >= 11 is 0. The van der Waals surface area contributed by atoms with Crippen molar-refractivity contribution in [2.24, 2.45) is 5.92 Å². The van der Waals surface area contributed by atoms with E-state index in [1.165, 1.54) is 35.7 Å². The Hall–Kier alpha value is -1.67. The minimum Gasteiger partial charge on any atom is -0.338 e. The Morgan fingerprint density at radius 1 is 1.00 bits per heavy atom. The van der Waals surface area contributed by atoms with Crippen molar-refractivity contribution in [2.45, 2.75) is 77.2 Å². The van der Waals surface area contributed by atoms with Crippen molar-refractivity contribution in [3.8, 4) is 0 Å². The van der Waals surface area contributed by atoms with E-state index in [2.05, 4.69) is 10.6 Å². The zero-order valence-corrected chi connectivity index (χ0v) is 17.0. The van der Waals surface area contributed by atoms with Gasteiger partial charge in [0, 0.05) is 25.7 Å². The predicted molar refractivity (Wildman–Crippen MR) is 119 cm³/mol. The van der Waals surface area contributed by atoms with E-state index in [0.717, 1.165) is 37.8 Å². The quantitative estimate of drug-likeness (QED) is 0.702. The first-order valence-electron chi connectivity index (χ1n) is 10.3. The van der Waals surface area contributed by atoms with Crippen LogP contribution in [0, 0.1) is 11.7 Å². The molecule has 2 aliphatic rings. The van der Waals surface area contributed by atoms with Gasteiger partial charge < -0.3 is 10.6 Å². The highest BCUT2D eigenvalue weighted by Crippen LogP contribution is 2.24. The Balaban J connectivity index is 0.00000225. The maximum Gasteiger partial charge on any atom is 0.315 e. The molecule has 2 fully saturated rings. The fourth-order valence-corrected chi connectivity index (χ4v) is 5.54. The number of rotatable bonds is 5. The van der Waals surface area contributed by atoms with E-state index in [1.54, 1.807) is 0 Å². The van der Waals surface area contributed by atoms with Crippen molar-refractivity contribution in [2.75, 3.05) is 19.6 Å². The van der Waals surface area contributed by atoms with Gasteiger partial charge in [0.25, 0.3) is 0 Å². The molecule has 0 spiro atoms. The van der Waals surface area contributed by atoms with Crippen LogP contribution in [0.15, 0.2) is 29.2 Å². The molecule has 1 saturated heterocycles. The summed E-state index contributed by atoms with van der Waals surface area (Å²) in [5.74, 6) is -0.379. The van der Waals surface area contributed by atoms with E-state index in [1.807, 2.05) is 0 Å². The van der Waals surface area contributed by atoms with Crippen LogP contribution in [0.2, 0.25) is 0 Å². The van der Waals surface area contributed by atoms with Gasteiger partial charge in [-0.2, -0.15) is 4.31 Å². The van der Waals surface area contributed by atoms with E-state index < -0.39 is 15.8 Å². The first kappa shape index (κ1) is 26.4. The zero-order valence-electron chi connectivity index (χ0n) is 16.2. The first-order chi connectivity index (χ1) is 13.4. The summed E-state index contributed by atoms with van der Waals surface area (Å²) in [7, 11) is -3.62. The molecule has 1 aromatic carbocycles. The summed E-state index contributed by atoms with van der Waals surface area (Å²) in [5.41, 5.74) is 0. The fraction of sp³-hybridized carbons (Fsp3) is 0.682. The van der Waals surface area contributed by atoms with Crippen LogP contribution in [0.25, 0.3) is 0 Å². The number of nitrogens with one attached hydrogen (secondary N) is 2. The molecule has 1 heterocycles. The monoisotopic (exact) mass is 443 g/mol. The van der Waals surface area contributed by atoms with E-state index >= 15 is 0 Å². The van der Waals surface area contributed by atoms with Crippen LogP contribution in [0.1, 0.15) is 66.2 Å². The first-order valence-corrected chi connectivity index (χ1v) is 11.7. The summed E-state index contributed by atoms with van der Waals surface area (Å²) in [6.07, 6.45) is 8.83. The van der Waals surface area contributed by atoms with Crippen LogP contribution in [-0.2, 0) is 10.0 Å². The van der Waals surface area contributed by atoms with Gasteiger partial charge in [-0.3, -0.25) is 0 Å². The number of sulfonamides is 1. The van der Waals surface area contributed by atoms with E-state index in [-0.39, 0.29) is 37.7 Å². The van der Waals surface area contributed by atoms with Crippen molar-refractivity contribution in [1.82, 2.24) is 14.9 Å². The average Bonchev–Trinajstić information content (AvgIpc) is 3.12. The van der Waals surface area contributed by atoms with Crippen LogP contribution < -0.4 is 10.6 Å². The van der Waals surface area contributed by atoms with Crippen LogP contribution in [0.5, 0.6) is 0 Å². The van der Waals surface area contributed by atoms with E-state index in [9.17, 15) is 17.6 Å². The molecule has 1 unspecified atom stereocenters. The summed E-state index contributed by atoms with van der Waals surface area (Å²) in [6.45, 7) is 1.23. The van der Waals surface area contributed by atoms with Crippen LogP contribution in [0.4, 0.5) is 9.18 Å². The third-order valence-corrected chi connectivity index (χ3v) is 7.57. The molecule has 0 bridgehead atoms. The Labute approximate surface area is 181 Å². The Morgan fingerprint density at radius 3 is 2.23 bits per heavy atom. The summed E-state index contributed by atoms with van der Waals surface area (Å²) in [4.78, 5) is 12.3. The molecule has 0 radical (unpaired) electrons. The van der Waals surface area contributed by atoms with Gasteiger partial charge in [-0.15, -0.1) is 0 Å². The predicted octanol–water partition coefficient (Wildman–Crippen LogP) is 4.52. The van der Waals surface area contributed by atoms with Crippen LogP contribution in [-0.4, -0.2) is 44.4 Å². The van der Waals surface area contributed by atoms with Crippen LogP contribution in [0.3, 0.4) is 0 Å². The van der Waals surface area contributed by atoms with Gasteiger partial charge in [-0.25, -0.2) is 17.6 Å². The number of benzene rings is 1. The van der Waals surface area contributed by atoms with Gasteiger partial charge in [0.05, 0.1) is 4.90 Å². The summed E-state index contributed by atoms with van der Waals surface area (Å²) in [5, 5.41) is 5.97. The van der Waals surface area contributed by atoms with Gasteiger partial charge in [0.1, 0.15) is 5.82 Å². The molecule has 2 N–H and O–H groups in total. The zero-order chi connectivity index (χ0) is 20.0. The summed E-state index contributed by atoms with van der Waals surface area (Å²) < 4.78 is 39.8. The van der Waals surface area contributed by atoms with Gasteiger partial charge in [-0.1, -0.05) is 47.0 Å². The molecule has 1 aliphatic heterocycles. The van der Waals surface area contributed by atoms with E-state index in [4.69, 9.17) is 0 Å². The molecule has 2 amide bonds. The van der Waals surface area contributed by atoms with Crippen molar-refractivity contribution in [3.63, 3.8) is 0 Å². The molecule has 6 nitrogen and oxygen atoms in total. The second kappa shape index (κ2) is 12.2. The lowest BCUT2D eigenvalue weighted by Gasteiger charge is -2.22. The highest BCUT2D eigenvalue weighted by molar-refractivity contribution is 7.89. The smallest absolute Gasteiger partial charge is 0.315 e. The van der Waals surface area contributed by atoms with Crippen molar-refractivity contribution < 1.29 is 17.6 Å². The standard InChI is InChI=1S/C20H30FN3O3S.2CH4/c21-17-8-10-19(11-9-17)28(26,27)24-13-12-16(15-24)14-22-20(25)23-18-6-4-2-1-3-5-7-18;;/h8-11,16,18H,1-7,12-15H2,(H2,22,23,25);2*1H4. The fourth-order valence-electron chi connectivity index (χ4n) is 4.01. The third kappa shape index (κ3) is 7.23. The number of halogens is 1. The van der Waals surface area contributed by atoms with Crippen molar-refractivity contribution in [3.05, 3.63) is 30.1 Å².